The first-order chi connectivity index (χ1) is 13.6. The first-order valence-corrected chi connectivity index (χ1v) is 9.25. The zero-order chi connectivity index (χ0) is 19.5. The van der Waals surface area contributed by atoms with Crippen LogP contribution in [0.15, 0.2) is 59.7 Å². The van der Waals surface area contributed by atoms with Gasteiger partial charge in [0, 0.05) is 37.6 Å². The number of nitrogens with zero attached hydrogens (tertiary/aromatic N) is 4. The molecule has 0 spiro atoms. The smallest absolute Gasteiger partial charge is 0.255 e. The minimum atomic E-state index is -0.290. The lowest BCUT2D eigenvalue weighted by Gasteiger charge is -2.27. The molecule has 6 nitrogen and oxygen atoms in total. The van der Waals surface area contributed by atoms with Crippen LogP contribution in [0.1, 0.15) is 12.8 Å². The zero-order valence-corrected chi connectivity index (χ0v) is 15.6. The van der Waals surface area contributed by atoms with Crippen molar-refractivity contribution in [1.82, 2.24) is 14.5 Å². The molecule has 1 saturated heterocycles. The number of benzene rings is 1. The summed E-state index contributed by atoms with van der Waals surface area (Å²) in [6.45, 7) is 1.25. The maximum Gasteiger partial charge on any atom is 0.255 e. The summed E-state index contributed by atoms with van der Waals surface area (Å²) >= 11 is 0. The third-order valence-electron chi connectivity index (χ3n) is 4.98. The maximum atomic E-state index is 13.1. The summed E-state index contributed by atoms with van der Waals surface area (Å²) in [4.78, 5) is 23.4. The van der Waals surface area contributed by atoms with Crippen molar-refractivity contribution in [2.24, 2.45) is 7.05 Å². The molecule has 0 amide bonds. The summed E-state index contributed by atoms with van der Waals surface area (Å²) in [5.41, 5.74) is 1.37. The molecule has 0 unspecified atom stereocenters. The Bertz CT molecular complexity index is 1010. The SMILES string of the molecule is Cn1c(N2CCC[C@H]2COc2ccc(F)cc2)nc(-c2ccncc2)cc1=O. The van der Waals surface area contributed by atoms with Gasteiger partial charge in [-0.05, 0) is 49.2 Å². The van der Waals surface area contributed by atoms with Crippen molar-refractivity contribution >= 4 is 5.95 Å². The summed E-state index contributed by atoms with van der Waals surface area (Å²) < 4.78 is 20.5. The molecule has 0 bridgehead atoms. The summed E-state index contributed by atoms with van der Waals surface area (Å²) in [5, 5.41) is 0. The van der Waals surface area contributed by atoms with E-state index in [1.807, 2.05) is 12.1 Å². The van der Waals surface area contributed by atoms with Crippen LogP contribution in [0.25, 0.3) is 11.3 Å². The lowest BCUT2D eigenvalue weighted by Crippen LogP contribution is -2.38. The topological polar surface area (TPSA) is 60.2 Å². The quantitative estimate of drug-likeness (QED) is 0.681. The van der Waals surface area contributed by atoms with E-state index in [9.17, 15) is 9.18 Å². The van der Waals surface area contributed by atoms with E-state index in [0.29, 0.717) is 24.0 Å². The average Bonchev–Trinajstić information content (AvgIpc) is 3.18. The van der Waals surface area contributed by atoms with Crippen LogP contribution in [0.5, 0.6) is 5.75 Å². The Labute approximate surface area is 162 Å². The number of rotatable bonds is 5. The maximum absolute atomic E-state index is 13.1. The van der Waals surface area contributed by atoms with Crippen LogP contribution < -0.4 is 15.2 Å². The summed E-state index contributed by atoms with van der Waals surface area (Å²) in [7, 11) is 1.73. The fraction of sp³-hybridized carbons (Fsp3) is 0.286. The van der Waals surface area contributed by atoms with E-state index in [-0.39, 0.29) is 17.4 Å². The van der Waals surface area contributed by atoms with Crippen molar-refractivity contribution in [2.75, 3.05) is 18.1 Å². The van der Waals surface area contributed by atoms with Gasteiger partial charge in [0.1, 0.15) is 18.2 Å². The Hall–Kier alpha value is -3.22. The van der Waals surface area contributed by atoms with Crippen LogP contribution in [0.2, 0.25) is 0 Å². The van der Waals surface area contributed by atoms with Crippen molar-refractivity contribution in [3.05, 3.63) is 71.0 Å². The lowest BCUT2D eigenvalue weighted by atomic mass is 10.2. The second-order valence-corrected chi connectivity index (χ2v) is 6.83. The molecule has 1 aliphatic heterocycles. The van der Waals surface area contributed by atoms with Crippen LogP contribution in [-0.4, -0.2) is 33.7 Å². The van der Waals surface area contributed by atoms with Gasteiger partial charge in [0.25, 0.3) is 5.56 Å². The second kappa shape index (κ2) is 7.80. The molecule has 0 saturated carbocycles. The number of hydrogen-bond acceptors (Lipinski definition) is 5. The Morgan fingerprint density at radius 1 is 1.18 bits per heavy atom. The van der Waals surface area contributed by atoms with Gasteiger partial charge in [0.05, 0.1) is 11.7 Å². The molecular formula is C21H21FN4O2. The van der Waals surface area contributed by atoms with E-state index in [1.165, 1.54) is 12.1 Å². The highest BCUT2D eigenvalue weighted by Gasteiger charge is 2.28. The van der Waals surface area contributed by atoms with E-state index in [4.69, 9.17) is 9.72 Å². The third-order valence-corrected chi connectivity index (χ3v) is 4.98. The van der Waals surface area contributed by atoms with Gasteiger partial charge in [-0.3, -0.25) is 14.3 Å². The first-order valence-electron chi connectivity index (χ1n) is 9.25. The van der Waals surface area contributed by atoms with Gasteiger partial charge >= 0.3 is 0 Å². The predicted octanol–water partition coefficient (Wildman–Crippen LogP) is 3.03. The van der Waals surface area contributed by atoms with Crippen LogP contribution in [0.3, 0.4) is 0 Å². The number of ether oxygens (including phenoxy) is 1. The third kappa shape index (κ3) is 3.74. The van der Waals surface area contributed by atoms with E-state index >= 15 is 0 Å². The fourth-order valence-corrected chi connectivity index (χ4v) is 3.45. The molecular weight excluding hydrogens is 359 g/mol. The highest BCUT2D eigenvalue weighted by atomic mass is 19.1. The number of hydrogen-bond donors (Lipinski definition) is 0. The number of anilines is 1. The van der Waals surface area contributed by atoms with Gasteiger partial charge < -0.3 is 9.64 Å². The summed E-state index contributed by atoms with van der Waals surface area (Å²) in [6.07, 6.45) is 5.30. The summed E-state index contributed by atoms with van der Waals surface area (Å²) in [5.74, 6) is 0.965. The van der Waals surface area contributed by atoms with Crippen molar-refractivity contribution in [1.29, 1.82) is 0 Å². The van der Waals surface area contributed by atoms with Crippen molar-refractivity contribution in [3.63, 3.8) is 0 Å². The molecule has 7 heteroatoms. The van der Waals surface area contributed by atoms with E-state index in [2.05, 4.69) is 9.88 Å². The van der Waals surface area contributed by atoms with Gasteiger partial charge in [-0.2, -0.15) is 0 Å². The molecule has 1 atom stereocenters. The highest BCUT2D eigenvalue weighted by molar-refractivity contribution is 5.59. The van der Waals surface area contributed by atoms with Gasteiger partial charge in [-0.25, -0.2) is 9.37 Å². The van der Waals surface area contributed by atoms with Gasteiger partial charge in [0.2, 0.25) is 5.95 Å². The minimum absolute atomic E-state index is 0.0934. The minimum Gasteiger partial charge on any atom is -0.491 e. The van der Waals surface area contributed by atoms with Crippen LogP contribution in [0, 0.1) is 5.82 Å². The lowest BCUT2D eigenvalue weighted by molar-refractivity contribution is 0.287. The average molecular weight is 380 g/mol. The molecule has 144 valence electrons. The number of aromatic nitrogens is 3. The van der Waals surface area contributed by atoms with Gasteiger partial charge in [-0.15, -0.1) is 0 Å². The largest absolute Gasteiger partial charge is 0.491 e. The second-order valence-electron chi connectivity index (χ2n) is 6.83. The molecule has 0 aliphatic carbocycles. The molecule has 3 heterocycles. The van der Waals surface area contributed by atoms with E-state index in [1.54, 1.807) is 42.2 Å². The normalized spacial score (nSPS) is 16.4. The Morgan fingerprint density at radius 2 is 1.93 bits per heavy atom. The Kier molecular flexibility index (Phi) is 5.06. The van der Waals surface area contributed by atoms with Crippen LogP contribution in [-0.2, 0) is 7.05 Å². The molecule has 1 aliphatic rings. The van der Waals surface area contributed by atoms with Gasteiger partial charge in [-0.1, -0.05) is 0 Å². The molecule has 0 radical (unpaired) electrons. The molecule has 0 N–H and O–H groups in total. The summed E-state index contributed by atoms with van der Waals surface area (Å²) in [6, 6.07) is 11.3. The van der Waals surface area contributed by atoms with Crippen LogP contribution >= 0.6 is 0 Å². The van der Waals surface area contributed by atoms with Crippen molar-refractivity contribution < 1.29 is 9.13 Å². The number of halogens is 1. The number of pyridine rings is 1. The highest BCUT2D eigenvalue weighted by Crippen LogP contribution is 2.26. The first kappa shape index (κ1) is 18.2. The molecule has 1 aromatic carbocycles. The predicted molar refractivity (Wildman–Crippen MR) is 105 cm³/mol. The standard InChI is InChI=1S/C21H21FN4O2/c1-25-20(27)13-19(15-8-10-23-11-9-15)24-21(25)26-12-2-3-17(26)14-28-18-6-4-16(22)5-7-18/h4-11,13,17H,2-3,12,14H2,1H3/t17-/m0/s1. The monoisotopic (exact) mass is 380 g/mol. The molecule has 3 aromatic rings. The van der Waals surface area contributed by atoms with Crippen LogP contribution in [0.4, 0.5) is 10.3 Å². The Balaban J connectivity index is 1.59. The van der Waals surface area contributed by atoms with E-state index in [0.717, 1.165) is 24.9 Å². The Morgan fingerprint density at radius 3 is 2.68 bits per heavy atom. The molecule has 4 rings (SSSR count). The van der Waals surface area contributed by atoms with Gasteiger partial charge in [0.15, 0.2) is 0 Å². The fourth-order valence-electron chi connectivity index (χ4n) is 3.45. The van der Waals surface area contributed by atoms with Crippen molar-refractivity contribution in [3.8, 4) is 17.0 Å². The molecule has 28 heavy (non-hydrogen) atoms. The zero-order valence-electron chi connectivity index (χ0n) is 15.6. The molecule has 1 fully saturated rings. The van der Waals surface area contributed by atoms with E-state index < -0.39 is 0 Å². The van der Waals surface area contributed by atoms with Crippen molar-refractivity contribution in [2.45, 2.75) is 18.9 Å². The molecule has 2 aromatic heterocycles.